The summed E-state index contributed by atoms with van der Waals surface area (Å²) in [6.07, 6.45) is 0. The van der Waals surface area contributed by atoms with Gasteiger partial charge in [0.15, 0.2) is 5.13 Å². The Balaban J connectivity index is 1.93. The van der Waals surface area contributed by atoms with Gasteiger partial charge in [-0.05, 0) is 57.9 Å². The number of carbonyl (C=O) groups excluding carboxylic acids is 1. The van der Waals surface area contributed by atoms with Gasteiger partial charge in [0.05, 0.1) is 15.9 Å². The first-order chi connectivity index (χ1) is 10.8. The second-order valence-electron chi connectivity index (χ2n) is 6.11. The van der Waals surface area contributed by atoms with E-state index in [4.69, 9.17) is 0 Å². The number of hydrogen-bond donors (Lipinski definition) is 1. The Morgan fingerprint density at radius 2 is 1.96 bits per heavy atom. The molecular formula is C17H20N4OS. The molecule has 0 spiro atoms. The minimum absolute atomic E-state index is 0.129. The molecule has 120 valence electrons. The molecule has 23 heavy (non-hydrogen) atoms. The molecule has 0 atom stereocenters. The lowest BCUT2D eigenvalue weighted by molar-refractivity contribution is 0.101. The monoisotopic (exact) mass is 328 g/mol. The third-order valence-corrected chi connectivity index (χ3v) is 4.55. The molecule has 0 aliphatic rings. The summed E-state index contributed by atoms with van der Waals surface area (Å²) >= 11 is 1.50. The summed E-state index contributed by atoms with van der Waals surface area (Å²) < 4.78 is 2.83. The van der Waals surface area contributed by atoms with E-state index < -0.39 is 0 Å². The zero-order chi connectivity index (χ0) is 16.7. The van der Waals surface area contributed by atoms with Crippen LogP contribution in [0.4, 0.5) is 5.13 Å². The number of nitrogens with one attached hydrogen (secondary N) is 1. The van der Waals surface area contributed by atoms with Crippen molar-refractivity contribution < 1.29 is 4.79 Å². The lowest BCUT2D eigenvalue weighted by Gasteiger charge is -2.09. The highest BCUT2D eigenvalue weighted by Crippen LogP contribution is 2.29. The van der Waals surface area contributed by atoms with Gasteiger partial charge in [-0.1, -0.05) is 17.4 Å². The smallest absolute Gasteiger partial charge is 0.275 e. The number of aryl methyl sites for hydroxylation is 3. The Labute approximate surface area is 139 Å². The predicted octanol–water partition coefficient (Wildman–Crippen LogP) is 4.25. The van der Waals surface area contributed by atoms with Gasteiger partial charge in [-0.2, -0.15) is 5.10 Å². The van der Waals surface area contributed by atoms with E-state index in [1.807, 2.05) is 27.7 Å². The number of carbonyl (C=O) groups is 1. The molecule has 3 aromatic rings. The second-order valence-corrected chi connectivity index (χ2v) is 7.14. The average Bonchev–Trinajstić information content (AvgIpc) is 3.02. The van der Waals surface area contributed by atoms with Gasteiger partial charge in [0, 0.05) is 6.04 Å². The molecule has 2 heterocycles. The van der Waals surface area contributed by atoms with Crippen LogP contribution >= 0.6 is 11.3 Å². The van der Waals surface area contributed by atoms with Crippen molar-refractivity contribution in [2.45, 2.75) is 40.7 Å². The van der Waals surface area contributed by atoms with Gasteiger partial charge < -0.3 is 0 Å². The fourth-order valence-electron chi connectivity index (χ4n) is 2.67. The molecule has 0 fully saturated rings. The molecule has 0 unspecified atom stereocenters. The minimum Gasteiger partial charge on any atom is -0.296 e. The number of benzene rings is 1. The largest absolute Gasteiger partial charge is 0.296 e. The third kappa shape index (κ3) is 2.99. The van der Waals surface area contributed by atoms with Crippen LogP contribution < -0.4 is 5.32 Å². The number of anilines is 1. The molecule has 0 radical (unpaired) electrons. The van der Waals surface area contributed by atoms with Crippen LogP contribution in [0.2, 0.25) is 0 Å². The number of thiazole rings is 1. The van der Waals surface area contributed by atoms with E-state index in [9.17, 15) is 4.79 Å². The van der Waals surface area contributed by atoms with E-state index in [0.717, 1.165) is 21.5 Å². The van der Waals surface area contributed by atoms with Crippen molar-refractivity contribution in [2.24, 2.45) is 0 Å². The molecule has 0 aliphatic carbocycles. The molecule has 0 saturated heterocycles. The van der Waals surface area contributed by atoms with Crippen LogP contribution in [0.5, 0.6) is 0 Å². The Morgan fingerprint density at radius 3 is 2.65 bits per heavy atom. The Hall–Kier alpha value is -2.21. The van der Waals surface area contributed by atoms with Gasteiger partial charge in [-0.25, -0.2) is 4.98 Å². The maximum Gasteiger partial charge on any atom is 0.275 e. The predicted molar refractivity (Wildman–Crippen MR) is 94.4 cm³/mol. The molecule has 3 rings (SSSR count). The topological polar surface area (TPSA) is 59.8 Å². The molecular weight excluding hydrogens is 308 g/mol. The van der Waals surface area contributed by atoms with Crippen LogP contribution in [0.3, 0.4) is 0 Å². The van der Waals surface area contributed by atoms with Crippen LogP contribution in [0.15, 0.2) is 18.2 Å². The lowest BCUT2D eigenvalue weighted by atomic mass is 10.1. The number of nitrogens with zero attached hydrogens (tertiary/aromatic N) is 3. The summed E-state index contributed by atoms with van der Waals surface area (Å²) in [5, 5.41) is 7.91. The first-order valence-corrected chi connectivity index (χ1v) is 8.42. The second kappa shape index (κ2) is 5.77. The number of fused-ring (bicyclic) bond motifs is 1. The van der Waals surface area contributed by atoms with Crippen LogP contribution in [-0.2, 0) is 0 Å². The molecule has 1 N–H and O–H groups in total. The maximum absolute atomic E-state index is 12.6. The van der Waals surface area contributed by atoms with Crippen LogP contribution in [0.1, 0.15) is 47.2 Å². The summed E-state index contributed by atoms with van der Waals surface area (Å²) in [5.41, 5.74) is 4.67. The van der Waals surface area contributed by atoms with Crippen LogP contribution in [0, 0.1) is 20.8 Å². The van der Waals surface area contributed by atoms with Gasteiger partial charge in [0.25, 0.3) is 5.91 Å². The fourth-order valence-corrected chi connectivity index (χ4v) is 3.70. The standard InChI is InChI=1S/C17H20N4OS/c1-9(2)21-13(8-12(5)20-21)16(22)19-17-18-15-11(4)6-10(3)7-14(15)23-17/h6-9H,1-5H3,(H,18,19,22). The highest BCUT2D eigenvalue weighted by molar-refractivity contribution is 7.22. The first kappa shape index (κ1) is 15.7. The van der Waals surface area contributed by atoms with E-state index in [0.29, 0.717) is 10.8 Å². The van der Waals surface area contributed by atoms with Crippen molar-refractivity contribution in [1.29, 1.82) is 0 Å². The van der Waals surface area contributed by atoms with Gasteiger partial charge in [0.2, 0.25) is 0 Å². The zero-order valence-corrected chi connectivity index (χ0v) is 14.8. The van der Waals surface area contributed by atoms with Gasteiger partial charge in [-0.15, -0.1) is 0 Å². The SMILES string of the molecule is Cc1cc(C)c2nc(NC(=O)c3cc(C)nn3C(C)C)sc2c1. The van der Waals surface area contributed by atoms with Gasteiger partial charge >= 0.3 is 0 Å². The molecule has 0 aliphatic heterocycles. The Kier molecular flexibility index (Phi) is 3.93. The summed E-state index contributed by atoms with van der Waals surface area (Å²) in [6, 6.07) is 6.13. The van der Waals surface area contributed by atoms with E-state index in [-0.39, 0.29) is 11.9 Å². The lowest BCUT2D eigenvalue weighted by Crippen LogP contribution is -2.18. The molecule has 0 bridgehead atoms. The van der Waals surface area contributed by atoms with Crippen LogP contribution in [-0.4, -0.2) is 20.7 Å². The summed E-state index contributed by atoms with van der Waals surface area (Å²) in [6.45, 7) is 10.0. The molecule has 6 heteroatoms. The van der Waals surface area contributed by atoms with Crippen molar-refractivity contribution in [2.75, 3.05) is 5.32 Å². The number of hydrogen-bond acceptors (Lipinski definition) is 4. The number of amides is 1. The first-order valence-electron chi connectivity index (χ1n) is 7.60. The average molecular weight is 328 g/mol. The molecule has 0 saturated carbocycles. The number of aromatic nitrogens is 3. The van der Waals surface area contributed by atoms with E-state index >= 15 is 0 Å². The normalized spacial score (nSPS) is 11.4. The quantitative estimate of drug-likeness (QED) is 0.782. The summed E-state index contributed by atoms with van der Waals surface area (Å²) in [7, 11) is 0. The van der Waals surface area contributed by atoms with E-state index in [1.54, 1.807) is 10.7 Å². The van der Waals surface area contributed by atoms with E-state index in [2.05, 4.69) is 34.5 Å². The highest BCUT2D eigenvalue weighted by Gasteiger charge is 2.18. The highest BCUT2D eigenvalue weighted by atomic mass is 32.1. The van der Waals surface area contributed by atoms with Gasteiger partial charge in [0.1, 0.15) is 5.69 Å². The van der Waals surface area contributed by atoms with Crippen molar-refractivity contribution in [3.63, 3.8) is 0 Å². The van der Waals surface area contributed by atoms with Gasteiger partial charge in [-0.3, -0.25) is 14.8 Å². The van der Waals surface area contributed by atoms with Crippen molar-refractivity contribution >= 4 is 32.6 Å². The Bertz CT molecular complexity index is 892. The minimum atomic E-state index is -0.173. The summed E-state index contributed by atoms with van der Waals surface area (Å²) in [4.78, 5) is 17.1. The zero-order valence-electron chi connectivity index (χ0n) is 14.0. The third-order valence-electron chi connectivity index (χ3n) is 3.63. The molecule has 1 aromatic carbocycles. The Morgan fingerprint density at radius 1 is 1.22 bits per heavy atom. The van der Waals surface area contributed by atoms with Crippen molar-refractivity contribution in [3.8, 4) is 0 Å². The molecule has 5 nitrogen and oxygen atoms in total. The maximum atomic E-state index is 12.6. The van der Waals surface area contributed by atoms with E-state index in [1.165, 1.54) is 16.9 Å². The summed E-state index contributed by atoms with van der Waals surface area (Å²) in [5.74, 6) is -0.173. The fraction of sp³-hybridized carbons (Fsp3) is 0.353. The molecule has 2 aromatic heterocycles. The van der Waals surface area contributed by atoms with Crippen molar-refractivity contribution in [1.82, 2.24) is 14.8 Å². The molecule has 1 amide bonds. The number of rotatable bonds is 3. The van der Waals surface area contributed by atoms with Crippen molar-refractivity contribution in [3.05, 3.63) is 40.7 Å². The van der Waals surface area contributed by atoms with Crippen LogP contribution in [0.25, 0.3) is 10.2 Å².